The molecule has 2 aromatic rings. The van der Waals surface area contributed by atoms with Gasteiger partial charge in [-0.25, -0.2) is 13.1 Å². The monoisotopic (exact) mass is 510 g/mol. The molecule has 188 valence electrons. The molecule has 2 aromatic carbocycles. The number of rotatable bonds is 16. The highest BCUT2D eigenvalue weighted by Gasteiger charge is 2.15. The number of halogens is 1. The molecule has 0 bridgehead atoms. The van der Waals surface area contributed by atoms with Gasteiger partial charge in [-0.1, -0.05) is 30.7 Å². The number of alkyl halides is 1. The van der Waals surface area contributed by atoms with Gasteiger partial charge in [-0.2, -0.15) is 0 Å². The smallest absolute Gasteiger partial charge is 0.223 e. The normalized spacial score (nSPS) is 11.3. The second-order valence-electron chi connectivity index (χ2n) is 8.01. The fraction of sp³-hybridized carbons (Fsp3) is 0.480. The number of nitrogens with one attached hydrogen (secondary N) is 1. The van der Waals surface area contributed by atoms with Gasteiger partial charge in [0.05, 0.1) is 20.0 Å². The van der Waals surface area contributed by atoms with E-state index in [9.17, 15) is 13.2 Å². The number of nitrogens with zero attached hydrogens (tertiary/aromatic N) is 1. The molecule has 0 aliphatic rings. The number of benzene rings is 2. The van der Waals surface area contributed by atoms with Crippen LogP contribution < -0.4 is 14.2 Å². The van der Waals surface area contributed by atoms with Gasteiger partial charge >= 0.3 is 0 Å². The zero-order chi connectivity index (χ0) is 24.8. The number of carbonyl (C=O) groups excluding carboxylic acids is 1. The zero-order valence-corrected chi connectivity index (χ0v) is 21.5. The van der Waals surface area contributed by atoms with E-state index in [0.717, 1.165) is 29.0 Å². The number of sulfonamides is 1. The third-order valence-corrected chi connectivity index (χ3v) is 7.09. The Labute approximate surface area is 208 Å². The summed E-state index contributed by atoms with van der Waals surface area (Å²) in [7, 11) is -0.0188. The molecule has 0 fully saturated rings. The average molecular weight is 511 g/mol. The summed E-state index contributed by atoms with van der Waals surface area (Å²) in [5, 5.41) is 0. The van der Waals surface area contributed by atoms with Crippen molar-refractivity contribution in [2.45, 2.75) is 45.2 Å². The van der Waals surface area contributed by atoms with E-state index in [-0.39, 0.29) is 11.7 Å². The Balaban J connectivity index is 1.89. The Morgan fingerprint density at radius 1 is 0.853 bits per heavy atom. The van der Waals surface area contributed by atoms with Gasteiger partial charge in [0.15, 0.2) is 0 Å². The van der Waals surface area contributed by atoms with Crippen LogP contribution in [0.15, 0.2) is 48.5 Å². The topological polar surface area (TPSA) is 84.9 Å². The van der Waals surface area contributed by atoms with Crippen molar-refractivity contribution in [1.29, 1.82) is 0 Å². The Morgan fingerprint density at radius 2 is 1.38 bits per heavy atom. The molecule has 2 rings (SSSR count). The number of hydrogen-bond donors (Lipinski definition) is 1. The van der Waals surface area contributed by atoms with Crippen molar-refractivity contribution < 1.29 is 22.7 Å². The predicted octanol–water partition coefficient (Wildman–Crippen LogP) is 4.34. The number of amides is 1. The Kier molecular flexibility index (Phi) is 12.2. The number of unbranched alkanes of at least 4 members (excludes halogenated alkanes) is 2. The van der Waals surface area contributed by atoms with Gasteiger partial charge in [-0.3, -0.25) is 4.79 Å². The summed E-state index contributed by atoms with van der Waals surface area (Å²) in [6.07, 6.45) is 2.99. The number of ether oxygens (including phenoxy) is 2. The van der Waals surface area contributed by atoms with E-state index in [1.54, 1.807) is 14.2 Å². The molecule has 0 saturated heterocycles. The first-order chi connectivity index (χ1) is 16.4. The quantitative estimate of drug-likeness (QED) is 0.268. The van der Waals surface area contributed by atoms with Gasteiger partial charge in [-0.15, -0.1) is 11.6 Å². The fourth-order valence-electron chi connectivity index (χ4n) is 3.42. The Hall–Kier alpha value is -2.29. The Bertz CT molecular complexity index is 916. The first kappa shape index (κ1) is 28.0. The summed E-state index contributed by atoms with van der Waals surface area (Å²) < 4.78 is 36.6. The van der Waals surface area contributed by atoms with Crippen LogP contribution in [0.5, 0.6) is 11.5 Å². The van der Waals surface area contributed by atoms with Crippen LogP contribution >= 0.6 is 11.6 Å². The van der Waals surface area contributed by atoms with Gasteiger partial charge in [0.25, 0.3) is 0 Å². The van der Waals surface area contributed by atoms with Crippen LogP contribution in [0.1, 0.15) is 43.2 Å². The minimum Gasteiger partial charge on any atom is -0.497 e. The van der Waals surface area contributed by atoms with Crippen LogP contribution in [-0.2, 0) is 27.9 Å². The molecule has 7 nitrogen and oxygen atoms in total. The van der Waals surface area contributed by atoms with Crippen molar-refractivity contribution in [1.82, 2.24) is 9.62 Å². The average Bonchev–Trinajstić information content (AvgIpc) is 2.85. The van der Waals surface area contributed by atoms with Crippen LogP contribution in [0.4, 0.5) is 0 Å². The van der Waals surface area contributed by atoms with E-state index < -0.39 is 10.0 Å². The molecule has 0 aliphatic heterocycles. The van der Waals surface area contributed by atoms with Gasteiger partial charge in [-0.05, 0) is 54.7 Å². The zero-order valence-electron chi connectivity index (χ0n) is 20.0. The highest BCUT2D eigenvalue weighted by atomic mass is 35.5. The summed E-state index contributed by atoms with van der Waals surface area (Å²) in [6.45, 7) is 1.37. The molecule has 0 unspecified atom stereocenters. The lowest BCUT2D eigenvalue weighted by molar-refractivity contribution is -0.132. The molecule has 1 amide bonds. The SMILES string of the molecule is COc1ccc(CN(Cc2ccc(OC)cc2)C(=O)CCCCCNS(=O)(=O)CCCCl)cc1. The summed E-state index contributed by atoms with van der Waals surface area (Å²) in [5.74, 6) is 1.98. The lowest BCUT2D eigenvalue weighted by atomic mass is 10.1. The highest BCUT2D eigenvalue weighted by molar-refractivity contribution is 7.89. The molecular weight excluding hydrogens is 476 g/mol. The van der Waals surface area contributed by atoms with Gasteiger partial charge < -0.3 is 14.4 Å². The largest absolute Gasteiger partial charge is 0.497 e. The van der Waals surface area contributed by atoms with Crippen molar-refractivity contribution in [3.05, 3.63) is 59.7 Å². The van der Waals surface area contributed by atoms with Crippen LogP contribution in [0, 0.1) is 0 Å². The summed E-state index contributed by atoms with van der Waals surface area (Å²) in [6, 6.07) is 15.4. The van der Waals surface area contributed by atoms with Gasteiger partial charge in [0.2, 0.25) is 15.9 Å². The molecule has 0 aromatic heterocycles. The summed E-state index contributed by atoms with van der Waals surface area (Å²) in [5.41, 5.74) is 2.04. The molecular formula is C25H35ClN2O5S. The molecule has 0 radical (unpaired) electrons. The molecule has 9 heteroatoms. The maximum atomic E-state index is 13.1. The number of carbonyl (C=O) groups is 1. The second kappa shape index (κ2) is 14.9. The lowest BCUT2D eigenvalue weighted by Gasteiger charge is -2.23. The number of hydrogen-bond acceptors (Lipinski definition) is 5. The van der Waals surface area contributed by atoms with Crippen molar-refractivity contribution in [2.75, 3.05) is 32.4 Å². The van der Waals surface area contributed by atoms with Crippen molar-refractivity contribution >= 4 is 27.5 Å². The minimum atomic E-state index is -3.27. The van der Waals surface area contributed by atoms with E-state index >= 15 is 0 Å². The first-order valence-corrected chi connectivity index (χ1v) is 13.6. The van der Waals surface area contributed by atoms with Gasteiger partial charge in [0, 0.05) is 31.9 Å². The maximum absolute atomic E-state index is 13.1. The van der Waals surface area contributed by atoms with Gasteiger partial charge in [0.1, 0.15) is 11.5 Å². The van der Waals surface area contributed by atoms with E-state index in [1.165, 1.54) is 0 Å². The summed E-state index contributed by atoms with van der Waals surface area (Å²) in [4.78, 5) is 14.9. The minimum absolute atomic E-state index is 0.0423. The van der Waals surface area contributed by atoms with E-state index in [0.29, 0.717) is 51.2 Å². The molecule has 0 heterocycles. The van der Waals surface area contributed by atoms with Crippen molar-refractivity contribution in [3.63, 3.8) is 0 Å². The first-order valence-electron chi connectivity index (χ1n) is 11.4. The predicted molar refractivity (Wildman–Crippen MR) is 136 cm³/mol. The van der Waals surface area contributed by atoms with E-state index in [4.69, 9.17) is 21.1 Å². The van der Waals surface area contributed by atoms with Crippen LogP contribution in [0.3, 0.4) is 0 Å². The standard InChI is InChI=1S/C25H35ClN2O5S/c1-32-23-12-8-21(9-13-23)19-28(20-22-10-14-24(33-2)15-11-22)25(29)7-4-3-5-17-27-34(30,31)18-6-16-26/h8-15,27H,3-7,16-20H2,1-2H3. The third-order valence-electron chi connectivity index (χ3n) is 5.35. The molecule has 0 saturated carbocycles. The van der Waals surface area contributed by atoms with E-state index in [1.807, 2.05) is 53.4 Å². The van der Waals surface area contributed by atoms with Crippen molar-refractivity contribution in [3.8, 4) is 11.5 Å². The highest BCUT2D eigenvalue weighted by Crippen LogP contribution is 2.18. The van der Waals surface area contributed by atoms with E-state index in [2.05, 4.69) is 4.72 Å². The maximum Gasteiger partial charge on any atom is 0.223 e. The fourth-order valence-corrected chi connectivity index (χ4v) is 4.83. The molecule has 1 N–H and O–H groups in total. The second-order valence-corrected chi connectivity index (χ2v) is 10.3. The molecule has 0 atom stereocenters. The van der Waals surface area contributed by atoms with Crippen LogP contribution in [-0.4, -0.2) is 51.6 Å². The third kappa shape index (κ3) is 10.3. The molecule has 0 aliphatic carbocycles. The molecule has 34 heavy (non-hydrogen) atoms. The van der Waals surface area contributed by atoms with Crippen LogP contribution in [0.2, 0.25) is 0 Å². The van der Waals surface area contributed by atoms with Crippen LogP contribution in [0.25, 0.3) is 0 Å². The molecule has 0 spiro atoms. The number of methoxy groups -OCH3 is 2. The summed E-state index contributed by atoms with van der Waals surface area (Å²) >= 11 is 5.56. The Morgan fingerprint density at radius 3 is 1.85 bits per heavy atom. The lowest BCUT2D eigenvalue weighted by Crippen LogP contribution is -2.30. The van der Waals surface area contributed by atoms with Crippen molar-refractivity contribution in [2.24, 2.45) is 0 Å².